The summed E-state index contributed by atoms with van der Waals surface area (Å²) in [6.45, 7) is 2.23. The van der Waals surface area contributed by atoms with E-state index in [9.17, 15) is 0 Å². The lowest BCUT2D eigenvalue weighted by Gasteiger charge is -2.17. The van der Waals surface area contributed by atoms with E-state index in [-0.39, 0.29) is 0 Å². The molecule has 2 heterocycles. The third-order valence-corrected chi connectivity index (χ3v) is 11.2. The molecule has 0 aliphatic rings. The number of aromatic nitrogens is 2. The van der Waals surface area contributed by atoms with Crippen LogP contribution in [0.25, 0.3) is 94.5 Å². The van der Waals surface area contributed by atoms with Crippen LogP contribution in [0.15, 0.2) is 212 Å². The summed E-state index contributed by atoms with van der Waals surface area (Å²) >= 11 is 0. The number of fused-ring (bicyclic) bond motifs is 3. The lowest BCUT2D eigenvalue weighted by atomic mass is 9.92. The van der Waals surface area contributed by atoms with Gasteiger partial charge < -0.3 is 4.57 Å². The molecule has 0 saturated heterocycles. The van der Waals surface area contributed by atoms with Crippen molar-refractivity contribution >= 4 is 21.8 Å². The van der Waals surface area contributed by atoms with Gasteiger partial charge in [0.25, 0.3) is 0 Å². The average molecular weight is 729 g/mol. The topological polar surface area (TPSA) is 17.8 Å². The first-order chi connectivity index (χ1) is 28.2. The first kappa shape index (κ1) is 34.2. The Morgan fingerprint density at radius 1 is 0.368 bits per heavy atom. The second-order valence-corrected chi connectivity index (χ2v) is 14.6. The molecule has 0 aliphatic carbocycles. The first-order valence-corrected chi connectivity index (χ1v) is 19.8. The maximum absolute atomic E-state index is 5.36. The maximum Gasteiger partial charge on any atom is 0.0747 e. The number of rotatable bonds is 8. The largest absolute Gasteiger partial charge is 0.309 e. The monoisotopic (exact) mass is 728 g/mol. The fourth-order valence-corrected chi connectivity index (χ4v) is 8.37. The predicted octanol–water partition coefficient (Wildman–Crippen LogP) is 14.7. The van der Waals surface area contributed by atoms with Crippen molar-refractivity contribution in [3.63, 3.8) is 0 Å². The van der Waals surface area contributed by atoms with Crippen LogP contribution >= 0.6 is 0 Å². The van der Waals surface area contributed by atoms with Crippen LogP contribution in [-0.4, -0.2) is 9.55 Å². The third-order valence-electron chi connectivity index (χ3n) is 11.2. The van der Waals surface area contributed by atoms with Gasteiger partial charge in [-0.25, -0.2) is 4.98 Å². The normalized spacial score (nSPS) is 11.3. The Morgan fingerprint density at radius 2 is 0.807 bits per heavy atom. The Balaban J connectivity index is 1.06. The van der Waals surface area contributed by atoms with Gasteiger partial charge in [-0.2, -0.15) is 0 Å². The second kappa shape index (κ2) is 14.7. The van der Waals surface area contributed by atoms with E-state index in [0.717, 1.165) is 45.7 Å². The Labute approximate surface area is 334 Å². The number of nitrogens with zero attached hydrogens (tertiary/aromatic N) is 2. The molecule has 0 fully saturated rings. The highest BCUT2D eigenvalue weighted by atomic mass is 15.0. The van der Waals surface area contributed by atoms with Crippen molar-refractivity contribution in [1.82, 2.24) is 9.55 Å². The molecule has 10 rings (SSSR count). The molecule has 0 saturated carbocycles. The Morgan fingerprint density at radius 3 is 1.35 bits per heavy atom. The van der Waals surface area contributed by atoms with Crippen molar-refractivity contribution in [2.75, 3.05) is 0 Å². The molecule has 2 nitrogen and oxygen atoms in total. The van der Waals surface area contributed by atoms with Crippen molar-refractivity contribution in [1.29, 1.82) is 0 Å². The quantitative estimate of drug-likeness (QED) is 0.152. The van der Waals surface area contributed by atoms with Crippen LogP contribution in [0.2, 0.25) is 0 Å². The average Bonchev–Trinajstić information content (AvgIpc) is 3.63. The summed E-state index contributed by atoms with van der Waals surface area (Å²) in [7, 11) is 0. The van der Waals surface area contributed by atoms with Crippen LogP contribution in [0.3, 0.4) is 0 Å². The van der Waals surface area contributed by atoms with Crippen LogP contribution < -0.4 is 0 Å². The van der Waals surface area contributed by atoms with Crippen molar-refractivity contribution in [3.8, 4) is 72.7 Å². The van der Waals surface area contributed by atoms with Gasteiger partial charge >= 0.3 is 0 Å². The summed E-state index contributed by atoms with van der Waals surface area (Å²) in [6, 6.07) is 76.5. The van der Waals surface area contributed by atoms with Gasteiger partial charge in [0.1, 0.15) is 0 Å². The predicted molar refractivity (Wildman–Crippen MR) is 241 cm³/mol. The van der Waals surface area contributed by atoms with Gasteiger partial charge in [0.15, 0.2) is 0 Å². The summed E-state index contributed by atoms with van der Waals surface area (Å²) in [5.41, 5.74) is 18.6. The summed E-state index contributed by atoms with van der Waals surface area (Å²) in [5, 5.41) is 2.49. The van der Waals surface area contributed by atoms with Crippen LogP contribution in [0.5, 0.6) is 0 Å². The fraction of sp³-hybridized carbons (Fsp3) is 0.0364. The number of pyridine rings is 1. The van der Waals surface area contributed by atoms with Crippen molar-refractivity contribution in [2.45, 2.75) is 13.3 Å². The van der Waals surface area contributed by atoms with E-state index < -0.39 is 0 Å². The molecule has 8 aromatic carbocycles. The lowest BCUT2D eigenvalue weighted by molar-refractivity contribution is 1.11. The number of hydrogen-bond donors (Lipinski definition) is 0. The molecule has 0 unspecified atom stereocenters. The third kappa shape index (κ3) is 6.42. The van der Waals surface area contributed by atoms with Gasteiger partial charge in [-0.15, -0.1) is 0 Å². The standard InChI is InChI=1S/C55H40N2/c1-2-48-49(41-20-11-5-12-21-41)37-52(56-55(48)42-22-13-6-14-23-42)46-25-15-24-43(34-46)40-26-30-47(31-27-40)57-53-32-28-44(38-16-7-3-8-17-38)35-50(53)51-36-45(29-33-54(51)57)39-18-9-4-10-19-39/h3-37H,2H2,1H3. The van der Waals surface area contributed by atoms with Gasteiger partial charge in [-0.05, 0) is 105 Å². The zero-order chi connectivity index (χ0) is 38.1. The molecular formula is C55H40N2. The van der Waals surface area contributed by atoms with E-state index in [2.05, 4.69) is 224 Å². The molecule has 2 aromatic heterocycles. The highest BCUT2D eigenvalue weighted by Gasteiger charge is 2.18. The highest BCUT2D eigenvalue weighted by Crippen LogP contribution is 2.39. The molecule has 0 aliphatic heterocycles. The summed E-state index contributed by atoms with van der Waals surface area (Å²) in [5.74, 6) is 0. The second-order valence-electron chi connectivity index (χ2n) is 14.6. The van der Waals surface area contributed by atoms with E-state index in [4.69, 9.17) is 4.98 Å². The molecule has 0 atom stereocenters. The molecular weight excluding hydrogens is 689 g/mol. The minimum Gasteiger partial charge on any atom is -0.309 e. The van der Waals surface area contributed by atoms with Crippen molar-refractivity contribution < 1.29 is 0 Å². The van der Waals surface area contributed by atoms with Crippen molar-refractivity contribution in [3.05, 3.63) is 218 Å². The summed E-state index contributed by atoms with van der Waals surface area (Å²) < 4.78 is 2.41. The minimum absolute atomic E-state index is 0.891. The lowest BCUT2D eigenvalue weighted by Crippen LogP contribution is -1.99. The van der Waals surface area contributed by atoms with E-state index >= 15 is 0 Å². The van der Waals surface area contributed by atoms with Gasteiger partial charge in [-0.3, -0.25) is 0 Å². The number of hydrogen-bond acceptors (Lipinski definition) is 1. The SMILES string of the molecule is CCc1c(-c2ccccc2)cc(-c2cccc(-c3ccc(-n4c5ccc(-c6ccccc6)cc5c5cc(-c6ccccc6)ccc54)cc3)c2)nc1-c1ccccc1. The van der Waals surface area contributed by atoms with Crippen LogP contribution in [-0.2, 0) is 6.42 Å². The Kier molecular flexibility index (Phi) is 8.85. The molecule has 0 spiro atoms. The summed E-state index contributed by atoms with van der Waals surface area (Å²) in [6.07, 6.45) is 0.891. The van der Waals surface area contributed by atoms with Gasteiger partial charge in [-0.1, -0.05) is 171 Å². The van der Waals surface area contributed by atoms with Gasteiger partial charge in [0.05, 0.1) is 22.4 Å². The Bertz CT molecular complexity index is 2840. The van der Waals surface area contributed by atoms with Crippen LogP contribution in [0, 0.1) is 0 Å². The van der Waals surface area contributed by atoms with E-state index in [1.54, 1.807) is 0 Å². The van der Waals surface area contributed by atoms with Crippen molar-refractivity contribution in [2.24, 2.45) is 0 Å². The molecule has 270 valence electrons. The first-order valence-electron chi connectivity index (χ1n) is 19.8. The molecule has 0 bridgehead atoms. The maximum atomic E-state index is 5.36. The van der Waals surface area contributed by atoms with Crippen LogP contribution in [0.1, 0.15) is 12.5 Å². The molecule has 0 N–H and O–H groups in total. The number of benzene rings is 8. The molecule has 0 radical (unpaired) electrons. The molecule has 2 heteroatoms. The molecule has 57 heavy (non-hydrogen) atoms. The van der Waals surface area contributed by atoms with E-state index in [0.29, 0.717) is 0 Å². The smallest absolute Gasteiger partial charge is 0.0747 e. The fourth-order valence-electron chi connectivity index (χ4n) is 8.37. The minimum atomic E-state index is 0.891. The van der Waals surface area contributed by atoms with E-state index in [1.165, 1.54) is 60.8 Å². The summed E-state index contributed by atoms with van der Waals surface area (Å²) in [4.78, 5) is 5.36. The van der Waals surface area contributed by atoms with E-state index in [1.807, 2.05) is 0 Å². The highest BCUT2D eigenvalue weighted by molar-refractivity contribution is 6.11. The van der Waals surface area contributed by atoms with Gasteiger partial charge in [0, 0.05) is 27.6 Å². The van der Waals surface area contributed by atoms with Crippen LogP contribution in [0.4, 0.5) is 0 Å². The zero-order valence-electron chi connectivity index (χ0n) is 31.8. The van der Waals surface area contributed by atoms with Gasteiger partial charge in [0.2, 0.25) is 0 Å². The molecule has 10 aromatic rings. The molecule has 0 amide bonds. The Hall–Kier alpha value is -7.29. The zero-order valence-corrected chi connectivity index (χ0v) is 31.8.